The molecule has 0 aliphatic rings. The number of ether oxygens (including phenoxy) is 5. The molecule has 10 nitrogen and oxygen atoms in total. The molecule has 1 amide bonds. The highest BCUT2D eigenvalue weighted by molar-refractivity contribution is 6.31. The maximum atomic E-state index is 13.9. The van der Waals surface area contributed by atoms with E-state index in [4.69, 9.17) is 35.3 Å². The van der Waals surface area contributed by atoms with Gasteiger partial charge in [-0.1, -0.05) is 110 Å². The van der Waals surface area contributed by atoms with Crippen LogP contribution in [0.2, 0.25) is 5.02 Å². The second-order valence-electron chi connectivity index (χ2n) is 15.1. The number of esters is 2. The average Bonchev–Trinajstić information content (AvgIpc) is 3.18. The first-order valence-corrected chi connectivity index (χ1v) is 20.6. The number of hydrogen-bond acceptors (Lipinski definition) is 9. The first-order chi connectivity index (χ1) is 27.4. The van der Waals surface area contributed by atoms with Crippen LogP contribution in [0.5, 0.6) is 0 Å². The Kier molecular flexibility index (Phi) is 21.0. The van der Waals surface area contributed by atoms with Crippen LogP contribution in [0.4, 0.5) is 0 Å². The van der Waals surface area contributed by atoms with E-state index in [2.05, 4.69) is 12.2 Å². The maximum absolute atomic E-state index is 13.9. The lowest BCUT2D eigenvalue weighted by atomic mass is 9.79. The van der Waals surface area contributed by atoms with Gasteiger partial charge in [-0.3, -0.25) is 14.4 Å². The zero-order chi connectivity index (χ0) is 41.5. The van der Waals surface area contributed by atoms with Gasteiger partial charge in [-0.25, -0.2) is 4.79 Å². The molecule has 0 aromatic heterocycles. The summed E-state index contributed by atoms with van der Waals surface area (Å²) in [5.74, 6) is -1.85. The number of amides is 1. The van der Waals surface area contributed by atoms with Crippen molar-refractivity contribution in [1.29, 1.82) is 0 Å². The molecule has 0 aliphatic carbocycles. The summed E-state index contributed by atoms with van der Waals surface area (Å²) in [6, 6.07) is 23.1. The highest BCUT2D eigenvalue weighted by Crippen LogP contribution is 2.44. The summed E-state index contributed by atoms with van der Waals surface area (Å²) in [4.78, 5) is 53.0. The molecule has 3 aromatic carbocycles. The molecule has 11 heteroatoms. The number of hydrogen-bond donors (Lipinski definition) is 1. The Morgan fingerprint density at radius 1 is 0.649 bits per heavy atom. The minimum atomic E-state index is -1.42. The molecular formula is C46H62ClNO9. The fourth-order valence-corrected chi connectivity index (χ4v) is 6.40. The SMILES string of the molecule is CCCCCOCCOCCOCCCCC(=O)CCC(=O)NC(CCC(=O)OC(c1ccccc1)(c1ccc(C)cc1)c1ccccc1Cl)C(=O)OC(C)(C)C. The van der Waals surface area contributed by atoms with E-state index >= 15 is 0 Å². The van der Waals surface area contributed by atoms with E-state index in [1.54, 1.807) is 26.8 Å². The number of carbonyl (C=O) groups is 4. The van der Waals surface area contributed by atoms with Crippen LogP contribution in [0.1, 0.15) is 114 Å². The number of halogens is 1. The number of benzene rings is 3. The van der Waals surface area contributed by atoms with Gasteiger partial charge in [0, 0.05) is 60.6 Å². The van der Waals surface area contributed by atoms with E-state index in [0.717, 1.165) is 18.6 Å². The summed E-state index contributed by atoms with van der Waals surface area (Å²) in [5.41, 5.74) is 0.718. The van der Waals surface area contributed by atoms with E-state index in [1.807, 2.05) is 79.7 Å². The summed E-state index contributed by atoms with van der Waals surface area (Å²) in [7, 11) is 0. The lowest BCUT2D eigenvalue weighted by Gasteiger charge is -2.36. The van der Waals surface area contributed by atoms with E-state index in [9.17, 15) is 19.2 Å². The Labute approximate surface area is 344 Å². The molecule has 0 fully saturated rings. The van der Waals surface area contributed by atoms with Gasteiger partial charge in [0.1, 0.15) is 17.4 Å². The van der Waals surface area contributed by atoms with Crippen LogP contribution in [0, 0.1) is 6.92 Å². The maximum Gasteiger partial charge on any atom is 0.329 e. The van der Waals surface area contributed by atoms with Gasteiger partial charge >= 0.3 is 11.9 Å². The predicted molar refractivity (Wildman–Crippen MR) is 222 cm³/mol. The quantitative estimate of drug-likeness (QED) is 0.0457. The minimum absolute atomic E-state index is 0.0259. The van der Waals surface area contributed by atoms with E-state index in [1.165, 1.54) is 12.8 Å². The molecule has 0 bridgehead atoms. The molecule has 2 unspecified atom stereocenters. The molecule has 312 valence electrons. The van der Waals surface area contributed by atoms with Crippen LogP contribution in [0.25, 0.3) is 0 Å². The normalized spacial score (nSPS) is 13.0. The summed E-state index contributed by atoms with van der Waals surface area (Å²) >= 11 is 6.81. The van der Waals surface area contributed by atoms with Gasteiger partial charge in [0.25, 0.3) is 0 Å². The first kappa shape index (κ1) is 47.3. The number of carbonyl (C=O) groups excluding carboxylic acids is 4. The zero-order valence-electron chi connectivity index (χ0n) is 34.4. The number of unbranched alkanes of at least 4 members (excludes halogenated alkanes) is 3. The van der Waals surface area contributed by atoms with Gasteiger partial charge in [0.2, 0.25) is 5.91 Å². The highest BCUT2D eigenvalue weighted by atomic mass is 35.5. The number of nitrogens with one attached hydrogen (secondary N) is 1. The van der Waals surface area contributed by atoms with Crippen molar-refractivity contribution in [3.8, 4) is 0 Å². The number of aryl methyl sites for hydroxylation is 1. The number of ketones is 1. The van der Waals surface area contributed by atoms with Crippen molar-refractivity contribution in [1.82, 2.24) is 5.32 Å². The van der Waals surface area contributed by atoms with Crippen LogP contribution >= 0.6 is 11.6 Å². The lowest BCUT2D eigenvalue weighted by Crippen LogP contribution is -2.44. The van der Waals surface area contributed by atoms with Crippen molar-refractivity contribution < 1.29 is 42.9 Å². The van der Waals surface area contributed by atoms with Crippen molar-refractivity contribution in [2.24, 2.45) is 0 Å². The van der Waals surface area contributed by atoms with Gasteiger partial charge < -0.3 is 29.0 Å². The van der Waals surface area contributed by atoms with Crippen LogP contribution in [-0.4, -0.2) is 74.9 Å². The van der Waals surface area contributed by atoms with Crippen LogP contribution in [0.15, 0.2) is 78.9 Å². The Bertz CT molecular complexity index is 1660. The van der Waals surface area contributed by atoms with Gasteiger partial charge in [0.15, 0.2) is 5.60 Å². The Hall–Kier alpha value is -4.09. The molecule has 0 saturated carbocycles. The molecule has 0 heterocycles. The fraction of sp³-hybridized carbons (Fsp3) is 0.522. The molecular weight excluding hydrogens is 746 g/mol. The monoisotopic (exact) mass is 807 g/mol. The van der Waals surface area contributed by atoms with Crippen LogP contribution in [0.3, 0.4) is 0 Å². The molecule has 0 aliphatic heterocycles. The largest absolute Gasteiger partial charge is 0.458 e. The summed E-state index contributed by atoms with van der Waals surface area (Å²) < 4.78 is 28.7. The number of Topliss-reactive ketones (excluding diaryl/α,β-unsaturated/α-hetero) is 1. The van der Waals surface area contributed by atoms with Crippen molar-refractivity contribution in [3.63, 3.8) is 0 Å². The van der Waals surface area contributed by atoms with E-state index < -0.39 is 35.1 Å². The van der Waals surface area contributed by atoms with Crippen molar-refractivity contribution in [2.45, 2.75) is 116 Å². The predicted octanol–water partition coefficient (Wildman–Crippen LogP) is 8.85. The van der Waals surface area contributed by atoms with Gasteiger partial charge in [0.05, 0.1) is 26.4 Å². The second kappa shape index (κ2) is 25.3. The first-order valence-electron chi connectivity index (χ1n) is 20.2. The Morgan fingerprint density at radius 2 is 1.23 bits per heavy atom. The molecule has 0 saturated heterocycles. The van der Waals surface area contributed by atoms with Crippen molar-refractivity contribution >= 4 is 35.2 Å². The molecule has 0 radical (unpaired) electrons. The second-order valence-corrected chi connectivity index (χ2v) is 15.5. The standard InChI is InChI=1S/C46H62ClNO9/c1-6-7-14-29-53-31-33-55-34-32-54-30-15-13-18-38(49)25-27-42(50)48-41(44(52)57-45(3,4)5)26-28-43(51)56-46(36-16-9-8-10-17-36,37-23-21-35(2)22-24-37)39-19-11-12-20-40(39)47/h8-12,16-17,19-24,41H,6-7,13-15,18,25-34H2,1-5H3,(H,48,50). The third kappa shape index (κ3) is 17.1. The summed E-state index contributed by atoms with van der Waals surface area (Å²) in [6.07, 6.45) is 4.69. The Morgan fingerprint density at radius 3 is 1.84 bits per heavy atom. The minimum Gasteiger partial charge on any atom is -0.458 e. The lowest BCUT2D eigenvalue weighted by molar-refractivity contribution is -0.159. The molecule has 57 heavy (non-hydrogen) atoms. The molecule has 0 spiro atoms. The van der Waals surface area contributed by atoms with Crippen molar-refractivity contribution in [2.75, 3.05) is 39.6 Å². The fourth-order valence-electron chi connectivity index (χ4n) is 6.13. The van der Waals surface area contributed by atoms with Crippen LogP contribution < -0.4 is 5.32 Å². The third-order valence-corrected chi connectivity index (χ3v) is 9.41. The molecule has 3 rings (SSSR count). The van der Waals surface area contributed by atoms with E-state index in [0.29, 0.717) is 74.0 Å². The topological polar surface area (TPSA) is 126 Å². The summed E-state index contributed by atoms with van der Waals surface area (Å²) in [6.45, 7) is 12.7. The smallest absolute Gasteiger partial charge is 0.329 e. The van der Waals surface area contributed by atoms with E-state index in [-0.39, 0.29) is 31.5 Å². The molecule has 3 aromatic rings. The van der Waals surface area contributed by atoms with Crippen LogP contribution in [-0.2, 0) is 48.5 Å². The van der Waals surface area contributed by atoms with Gasteiger partial charge in [-0.05, 0) is 59.4 Å². The zero-order valence-corrected chi connectivity index (χ0v) is 35.2. The van der Waals surface area contributed by atoms with Crippen molar-refractivity contribution in [3.05, 3.63) is 106 Å². The number of rotatable bonds is 27. The summed E-state index contributed by atoms with van der Waals surface area (Å²) in [5, 5.41) is 3.12. The third-order valence-electron chi connectivity index (χ3n) is 9.08. The van der Waals surface area contributed by atoms with Gasteiger partial charge in [-0.15, -0.1) is 0 Å². The van der Waals surface area contributed by atoms with Gasteiger partial charge in [-0.2, -0.15) is 0 Å². The highest BCUT2D eigenvalue weighted by Gasteiger charge is 2.42. The molecule has 2 atom stereocenters. The molecule has 1 N–H and O–H groups in total. The Balaban J connectivity index is 1.56. The average molecular weight is 808 g/mol.